The lowest BCUT2D eigenvalue weighted by Gasteiger charge is -2.17. The van der Waals surface area contributed by atoms with Crippen LogP contribution >= 0.6 is 0 Å². The van der Waals surface area contributed by atoms with Crippen LogP contribution < -0.4 is 10.6 Å². The quantitative estimate of drug-likeness (QED) is 0.153. The zero-order chi connectivity index (χ0) is 30.8. The lowest BCUT2D eigenvalue weighted by Crippen LogP contribution is -2.17. The second-order valence-electron chi connectivity index (χ2n) is 9.64. The SMILES string of the molecule is O=C(Nc1ccc([N+](=O)[O-])cc1)c1c(-c2cnc3ccccc3c2C(=O)Nc2ccc([N+](=O)[O-])cc2)cnc2ccccc12. The van der Waals surface area contributed by atoms with Gasteiger partial charge in [0.05, 0.1) is 32.0 Å². The number of pyridine rings is 2. The van der Waals surface area contributed by atoms with Crippen LogP contribution in [0.2, 0.25) is 0 Å². The van der Waals surface area contributed by atoms with Gasteiger partial charge in [0, 0.05) is 69.9 Å². The molecule has 0 spiro atoms. The predicted octanol–water partition coefficient (Wildman–Crippen LogP) is 6.77. The van der Waals surface area contributed by atoms with Gasteiger partial charge in [-0.15, -0.1) is 0 Å². The van der Waals surface area contributed by atoms with Crippen LogP contribution in [0.15, 0.2) is 109 Å². The number of aromatic nitrogens is 2. The van der Waals surface area contributed by atoms with Gasteiger partial charge in [-0.25, -0.2) is 0 Å². The molecule has 0 unspecified atom stereocenters. The number of nitro benzene ring substituents is 2. The molecule has 0 atom stereocenters. The molecule has 0 aliphatic rings. The summed E-state index contributed by atoms with van der Waals surface area (Å²) < 4.78 is 0. The van der Waals surface area contributed by atoms with E-state index in [4.69, 9.17) is 0 Å². The van der Waals surface area contributed by atoms with E-state index >= 15 is 0 Å². The molecule has 0 bridgehead atoms. The van der Waals surface area contributed by atoms with E-state index in [-0.39, 0.29) is 22.5 Å². The average molecular weight is 585 g/mol. The van der Waals surface area contributed by atoms with Crippen LogP contribution in [0, 0.1) is 20.2 Å². The summed E-state index contributed by atoms with van der Waals surface area (Å²) >= 11 is 0. The summed E-state index contributed by atoms with van der Waals surface area (Å²) in [6, 6.07) is 24.9. The lowest BCUT2D eigenvalue weighted by atomic mass is 9.92. The molecule has 2 aromatic heterocycles. The Balaban J connectivity index is 1.50. The third kappa shape index (κ3) is 5.25. The van der Waals surface area contributed by atoms with E-state index in [0.717, 1.165) is 0 Å². The molecule has 12 nitrogen and oxygen atoms in total. The molecule has 0 radical (unpaired) electrons. The molecule has 214 valence electrons. The minimum absolute atomic E-state index is 0.121. The number of carbonyl (C=O) groups excluding carboxylic acids is 2. The Morgan fingerprint density at radius 1 is 0.545 bits per heavy atom. The van der Waals surface area contributed by atoms with Crippen molar-refractivity contribution in [2.75, 3.05) is 10.6 Å². The highest BCUT2D eigenvalue weighted by molar-refractivity contribution is 6.21. The van der Waals surface area contributed by atoms with Crippen LogP contribution in [-0.4, -0.2) is 31.6 Å². The smallest absolute Gasteiger partial charge is 0.269 e. The highest BCUT2D eigenvalue weighted by Gasteiger charge is 2.24. The lowest BCUT2D eigenvalue weighted by molar-refractivity contribution is -0.385. The number of rotatable bonds is 7. The van der Waals surface area contributed by atoms with Crippen molar-refractivity contribution in [2.45, 2.75) is 0 Å². The first-order chi connectivity index (χ1) is 21.3. The van der Waals surface area contributed by atoms with Crippen molar-refractivity contribution in [1.29, 1.82) is 0 Å². The Kier molecular flexibility index (Phi) is 7.13. The summed E-state index contributed by atoms with van der Waals surface area (Å²) in [5.74, 6) is -1.05. The number of hydrogen-bond acceptors (Lipinski definition) is 8. The molecule has 0 aliphatic carbocycles. The van der Waals surface area contributed by atoms with Crippen LogP contribution in [0.25, 0.3) is 32.9 Å². The number of hydrogen-bond donors (Lipinski definition) is 2. The fourth-order valence-electron chi connectivity index (χ4n) is 4.90. The van der Waals surface area contributed by atoms with Gasteiger partial charge in [-0.1, -0.05) is 36.4 Å². The Labute approximate surface area is 248 Å². The van der Waals surface area contributed by atoms with Crippen molar-refractivity contribution in [3.05, 3.63) is 141 Å². The van der Waals surface area contributed by atoms with E-state index < -0.39 is 21.7 Å². The van der Waals surface area contributed by atoms with Gasteiger partial charge in [-0.3, -0.25) is 39.8 Å². The van der Waals surface area contributed by atoms with Gasteiger partial charge in [0.15, 0.2) is 0 Å². The molecule has 2 heterocycles. The molecule has 0 saturated carbocycles. The first-order valence-corrected chi connectivity index (χ1v) is 13.2. The number of nitrogens with zero attached hydrogens (tertiary/aromatic N) is 4. The Morgan fingerprint density at radius 2 is 0.909 bits per heavy atom. The normalized spacial score (nSPS) is 10.8. The van der Waals surface area contributed by atoms with Gasteiger partial charge in [0.1, 0.15) is 0 Å². The summed E-state index contributed by atoms with van der Waals surface area (Å²) in [5, 5.41) is 28.8. The zero-order valence-electron chi connectivity index (χ0n) is 22.6. The van der Waals surface area contributed by atoms with Crippen LogP contribution in [-0.2, 0) is 0 Å². The first-order valence-electron chi connectivity index (χ1n) is 13.2. The molecule has 2 amide bonds. The van der Waals surface area contributed by atoms with Crippen molar-refractivity contribution in [3.63, 3.8) is 0 Å². The Bertz CT molecular complexity index is 1960. The monoisotopic (exact) mass is 584 g/mol. The summed E-state index contributed by atoms with van der Waals surface area (Å²) in [5.41, 5.74) is 2.59. The number of fused-ring (bicyclic) bond motifs is 2. The summed E-state index contributed by atoms with van der Waals surface area (Å²) in [6.45, 7) is 0. The van der Waals surface area contributed by atoms with E-state index in [1.54, 1.807) is 48.5 Å². The van der Waals surface area contributed by atoms with Crippen molar-refractivity contribution in [3.8, 4) is 11.1 Å². The zero-order valence-corrected chi connectivity index (χ0v) is 22.6. The Morgan fingerprint density at radius 3 is 1.27 bits per heavy atom. The standard InChI is InChI=1S/C32H20N6O6/c39-31(35-19-9-13-21(14-10-19)37(41)42)29-23-5-1-3-7-27(23)33-17-25(29)26-18-34-28-8-4-2-6-24(28)30(26)32(40)36-20-11-15-22(16-12-20)38(43)44/h1-18H,(H,35,39)(H,36,40). The molecular formula is C32H20N6O6. The molecule has 6 aromatic rings. The fraction of sp³-hybridized carbons (Fsp3) is 0. The topological polar surface area (TPSA) is 170 Å². The minimum Gasteiger partial charge on any atom is -0.322 e. The van der Waals surface area contributed by atoms with E-state index in [1.807, 2.05) is 0 Å². The summed E-state index contributed by atoms with van der Waals surface area (Å²) in [6.07, 6.45) is 3.00. The largest absolute Gasteiger partial charge is 0.322 e. The van der Waals surface area contributed by atoms with Gasteiger partial charge in [0.2, 0.25) is 0 Å². The maximum absolute atomic E-state index is 13.9. The number of nitrogens with one attached hydrogen (secondary N) is 2. The number of non-ortho nitro benzene ring substituents is 2. The molecule has 2 N–H and O–H groups in total. The summed E-state index contributed by atoms with van der Waals surface area (Å²) in [4.78, 5) is 58.0. The van der Waals surface area contributed by atoms with E-state index in [9.17, 15) is 29.8 Å². The van der Waals surface area contributed by atoms with E-state index in [0.29, 0.717) is 44.3 Å². The van der Waals surface area contributed by atoms with Crippen LogP contribution in [0.5, 0.6) is 0 Å². The average Bonchev–Trinajstić information content (AvgIpc) is 3.04. The van der Waals surface area contributed by atoms with Gasteiger partial charge in [-0.2, -0.15) is 0 Å². The highest BCUT2D eigenvalue weighted by Crippen LogP contribution is 2.35. The van der Waals surface area contributed by atoms with Crippen molar-refractivity contribution >= 4 is 56.4 Å². The number of nitro groups is 2. The minimum atomic E-state index is -0.532. The third-order valence-electron chi connectivity index (χ3n) is 6.97. The molecule has 44 heavy (non-hydrogen) atoms. The van der Waals surface area contributed by atoms with Crippen LogP contribution in [0.1, 0.15) is 20.7 Å². The van der Waals surface area contributed by atoms with Crippen molar-refractivity contribution in [2.24, 2.45) is 0 Å². The molecule has 12 heteroatoms. The number of carbonyl (C=O) groups is 2. The van der Waals surface area contributed by atoms with Gasteiger partial charge >= 0.3 is 0 Å². The predicted molar refractivity (Wildman–Crippen MR) is 165 cm³/mol. The molecule has 0 aliphatic heterocycles. The first kappa shape index (κ1) is 27.6. The maximum atomic E-state index is 13.9. The molecule has 0 saturated heterocycles. The third-order valence-corrected chi connectivity index (χ3v) is 6.97. The number of benzene rings is 4. The number of para-hydroxylation sites is 2. The summed E-state index contributed by atoms with van der Waals surface area (Å²) in [7, 11) is 0. The van der Waals surface area contributed by atoms with Crippen molar-refractivity contribution in [1.82, 2.24) is 9.97 Å². The van der Waals surface area contributed by atoms with Gasteiger partial charge in [-0.05, 0) is 36.4 Å². The molecule has 0 fully saturated rings. The van der Waals surface area contributed by atoms with E-state index in [2.05, 4.69) is 20.6 Å². The second-order valence-corrected chi connectivity index (χ2v) is 9.64. The second kappa shape index (κ2) is 11.4. The van der Waals surface area contributed by atoms with Gasteiger partial charge in [0.25, 0.3) is 23.2 Å². The van der Waals surface area contributed by atoms with Crippen LogP contribution in [0.3, 0.4) is 0 Å². The Hall–Kier alpha value is -6.56. The number of anilines is 2. The molecule has 6 rings (SSSR count). The molecule has 4 aromatic carbocycles. The molecular weight excluding hydrogens is 564 g/mol. The van der Waals surface area contributed by atoms with Crippen molar-refractivity contribution < 1.29 is 19.4 Å². The highest BCUT2D eigenvalue weighted by atomic mass is 16.6. The van der Waals surface area contributed by atoms with Gasteiger partial charge < -0.3 is 10.6 Å². The van der Waals surface area contributed by atoms with E-state index in [1.165, 1.54) is 60.9 Å². The fourth-order valence-corrected chi connectivity index (χ4v) is 4.90. The number of amides is 2. The van der Waals surface area contributed by atoms with Crippen LogP contribution in [0.4, 0.5) is 22.7 Å². The maximum Gasteiger partial charge on any atom is 0.269 e.